The standard InChI is InChI=1S/C17H18N4O/c1-11-7-8-14(9-12(11)2)21-17(18)16(19-20-21)13-5-4-6-15(10-13)22-3/h4-10H,18H2,1-3H3. The Hall–Kier alpha value is -2.82. The van der Waals surface area contributed by atoms with Crippen LogP contribution in [0.4, 0.5) is 5.82 Å². The Morgan fingerprint density at radius 1 is 1.05 bits per heavy atom. The van der Waals surface area contributed by atoms with Crippen molar-refractivity contribution in [1.82, 2.24) is 15.0 Å². The van der Waals surface area contributed by atoms with E-state index in [1.54, 1.807) is 11.8 Å². The monoisotopic (exact) mass is 294 g/mol. The van der Waals surface area contributed by atoms with Gasteiger partial charge in [-0.3, -0.25) is 0 Å². The van der Waals surface area contributed by atoms with E-state index >= 15 is 0 Å². The molecule has 0 amide bonds. The molecule has 5 nitrogen and oxygen atoms in total. The minimum Gasteiger partial charge on any atom is -0.497 e. The van der Waals surface area contributed by atoms with Crippen molar-refractivity contribution in [2.45, 2.75) is 13.8 Å². The summed E-state index contributed by atoms with van der Waals surface area (Å²) in [4.78, 5) is 0. The van der Waals surface area contributed by atoms with Crippen molar-refractivity contribution < 1.29 is 4.74 Å². The summed E-state index contributed by atoms with van der Waals surface area (Å²) in [6.07, 6.45) is 0. The predicted molar refractivity (Wildman–Crippen MR) is 87.2 cm³/mol. The van der Waals surface area contributed by atoms with Crippen LogP contribution in [0.5, 0.6) is 5.75 Å². The van der Waals surface area contributed by atoms with Gasteiger partial charge in [-0.05, 0) is 49.2 Å². The van der Waals surface area contributed by atoms with Crippen LogP contribution in [0.2, 0.25) is 0 Å². The van der Waals surface area contributed by atoms with E-state index in [0.717, 1.165) is 17.0 Å². The third-order valence-electron chi connectivity index (χ3n) is 3.78. The lowest BCUT2D eigenvalue weighted by Crippen LogP contribution is -2.03. The van der Waals surface area contributed by atoms with Crippen LogP contribution in [0.3, 0.4) is 0 Å². The molecule has 0 saturated carbocycles. The lowest BCUT2D eigenvalue weighted by atomic mass is 10.1. The van der Waals surface area contributed by atoms with E-state index in [9.17, 15) is 0 Å². The Balaban J connectivity index is 2.06. The number of aryl methyl sites for hydroxylation is 2. The number of nitrogens with two attached hydrogens (primary N) is 1. The maximum Gasteiger partial charge on any atom is 0.155 e. The maximum absolute atomic E-state index is 6.24. The van der Waals surface area contributed by atoms with Gasteiger partial charge in [0, 0.05) is 5.56 Å². The van der Waals surface area contributed by atoms with Gasteiger partial charge in [0.15, 0.2) is 5.82 Å². The van der Waals surface area contributed by atoms with Gasteiger partial charge in [0.25, 0.3) is 0 Å². The van der Waals surface area contributed by atoms with Crippen LogP contribution in [0.25, 0.3) is 16.9 Å². The van der Waals surface area contributed by atoms with Gasteiger partial charge in [-0.25, -0.2) is 0 Å². The first-order valence-electron chi connectivity index (χ1n) is 7.03. The first kappa shape index (κ1) is 14.1. The van der Waals surface area contributed by atoms with Crippen LogP contribution < -0.4 is 10.5 Å². The molecule has 2 aromatic carbocycles. The fourth-order valence-electron chi connectivity index (χ4n) is 2.31. The predicted octanol–water partition coefficient (Wildman–Crippen LogP) is 3.14. The molecule has 0 unspecified atom stereocenters. The molecule has 0 aliphatic rings. The zero-order valence-corrected chi connectivity index (χ0v) is 12.9. The van der Waals surface area contributed by atoms with Gasteiger partial charge in [-0.2, -0.15) is 4.68 Å². The number of hydrogen-bond donors (Lipinski definition) is 1. The molecule has 0 radical (unpaired) electrons. The number of aromatic nitrogens is 3. The number of nitrogen functional groups attached to an aromatic ring is 1. The fourth-order valence-corrected chi connectivity index (χ4v) is 2.31. The highest BCUT2D eigenvalue weighted by atomic mass is 16.5. The average Bonchev–Trinajstić information content (AvgIpc) is 2.92. The minimum atomic E-state index is 0.511. The van der Waals surface area contributed by atoms with Crippen LogP contribution in [0, 0.1) is 13.8 Å². The van der Waals surface area contributed by atoms with Crippen LogP contribution in [0.15, 0.2) is 42.5 Å². The summed E-state index contributed by atoms with van der Waals surface area (Å²) >= 11 is 0. The molecule has 1 aromatic heterocycles. The molecule has 0 saturated heterocycles. The van der Waals surface area contributed by atoms with E-state index in [1.807, 2.05) is 30.3 Å². The van der Waals surface area contributed by atoms with E-state index in [1.165, 1.54) is 11.1 Å². The maximum atomic E-state index is 6.24. The molecule has 0 aliphatic heterocycles. The van der Waals surface area contributed by atoms with Crippen molar-refractivity contribution in [1.29, 1.82) is 0 Å². The van der Waals surface area contributed by atoms with Crippen molar-refractivity contribution in [2.24, 2.45) is 0 Å². The highest BCUT2D eigenvalue weighted by Crippen LogP contribution is 2.28. The second-order valence-electron chi connectivity index (χ2n) is 5.24. The van der Waals surface area contributed by atoms with E-state index in [2.05, 4.69) is 36.3 Å². The summed E-state index contributed by atoms with van der Waals surface area (Å²) in [6, 6.07) is 13.7. The van der Waals surface area contributed by atoms with Gasteiger partial charge in [-0.15, -0.1) is 5.10 Å². The zero-order chi connectivity index (χ0) is 15.7. The van der Waals surface area contributed by atoms with E-state index in [4.69, 9.17) is 10.5 Å². The van der Waals surface area contributed by atoms with Gasteiger partial charge in [-0.1, -0.05) is 23.4 Å². The number of anilines is 1. The van der Waals surface area contributed by atoms with Crippen LogP contribution in [-0.4, -0.2) is 22.1 Å². The summed E-state index contributed by atoms with van der Waals surface area (Å²) in [5.74, 6) is 1.27. The van der Waals surface area contributed by atoms with Crippen molar-refractivity contribution in [3.05, 3.63) is 53.6 Å². The molecule has 0 aliphatic carbocycles. The second-order valence-corrected chi connectivity index (χ2v) is 5.24. The molecule has 0 bridgehead atoms. The normalized spacial score (nSPS) is 10.7. The Morgan fingerprint density at radius 3 is 2.59 bits per heavy atom. The molecule has 5 heteroatoms. The lowest BCUT2D eigenvalue weighted by molar-refractivity contribution is 0.415. The molecule has 1 heterocycles. The van der Waals surface area contributed by atoms with Crippen molar-refractivity contribution in [3.8, 4) is 22.7 Å². The van der Waals surface area contributed by atoms with E-state index in [0.29, 0.717) is 11.5 Å². The van der Waals surface area contributed by atoms with Crippen LogP contribution >= 0.6 is 0 Å². The molecule has 22 heavy (non-hydrogen) atoms. The van der Waals surface area contributed by atoms with Crippen molar-refractivity contribution in [3.63, 3.8) is 0 Å². The Bertz CT molecular complexity index is 823. The average molecular weight is 294 g/mol. The highest BCUT2D eigenvalue weighted by Gasteiger charge is 2.14. The van der Waals surface area contributed by atoms with E-state index < -0.39 is 0 Å². The Kier molecular flexibility index (Phi) is 3.55. The van der Waals surface area contributed by atoms with Crippen LogP contribution in [-0.2, 0) is 0 Å². The summed E-state index contributed by atoms with van der Waals surface area (Å²) in [7, 11) is 1.63. The largest absolute Gasteiger partial charge is 0.497 e. The summed E-state index contributed by atoms with van der Waals surface area (Å²) < 4.78 is 6.89. The minimum absolute atomic E-state index is 0.511. The number of rotatable bonds is 3. The molecular weight excluding hydrogens is 276 g/mol. The molecule has 3 rings (SSSR count). The number of methoxy groups -OCH3 is 1. The van der Waals surface area contributed by atoms with Gasteiger partial charge >= 0.3 is 0 Å². The number of ether oxygens (including phenoxy) is 1. The summed E-state index contributed by atoms with van der Waals surface area (Å²) in [5.41, 5.74) is 11.1. The Labute approximate surface area is 129 Å². The molecule has 0 fully saturated rings. The quantitative estimate of drug-likeness (QED) is 0.806. The van der Waals surface area contributed by atoms with Crippen molar-refractivity contribution >= 4 is 5.82 Å². The zero-order valence-electron chi connectivity index (χ0n) is 12.9. The fraction of sp³-hybridized carbons (Fsp3) is 0.176. The first-order chi connectivity index (χ1) is 10.6. The van der Waals surface area contributed by atoms with E-state index in [-0.39, 0.29) is 0 Å². The SMILES string of the molecule is COc1cccc(-c2nnn(-c3ccc(C)c(C)c3)c2N)c1. The number of nitrogens with zero attached hydrogens (tertiary/aromatic N) is 3. The molecule has 0 atom stereocenters. The van der Waals surface area contributed by atoms with Gasteiger partial charge in [0.1, 0.15) is 11.4 Å². The van der Waals surface area contributed by atoms with Gasteiger partial charge < -0.3 is 10.5 Å². The molecule has 0 spiro atoms. The molecule has 2 N–H and O–H groups in total. The lowest BCUT2D eigenvalue weighted by Gasteiger charge is -2.07. The smallest absolute Gasteiger partial charge is 0.155 e. The molecule has 3 aromatic rings. The third kappa shape index (κ3) is 2.41. The number of benzene rings is 2. The number of hydrogen-bond acceptors (Lipinski definition) is 4. The summed E-state index contributed by atoms with van der Waals surface area (Å²) in [5, 5.41) is 8.41. The highest BCUT2D eigenvalue weighted by molar-refractivity contribution is 5.72. The van der Waals surface area contributed by atoms with Crippen molar-refractivity contribution in [2.75, 3.05) is 12.8 Å². The third-order valence-corrected chi connectivity index (χ3v) is 3.78. The summed E-state index contributed by atoms with van der Waals surface area (Å²) in [6.45, 7) is 4.14. The molecular formula is C17H18N4O. The van der Waals surface area contributed by atoms with Gasteiger partial charge in [0.2, 0.25) is 0 Å². The first-order valence-corrected chi connectivity index (χ1v) is 7.03. The molecule has 112 valence electrons. The van der Waals surface area contributed by atoms with Crippen LogP contribution in [0.1, 0.15) is 11.1 Å². The topological polar surface area (TPSA) is 66.0 Å². The van der Waals surface area contributed by atoms with Gasteiger partial charge in [0.05, 0.1) is 12.8 Å². The Morgan fingerprint density at radius 2 is 1.86 bits per heavy atom. The second kappa shape index (κ2) is 5.52.